The van der Waals surface area contributed by atoms with E-state index in [9.17, 15) is 4.79 Å². The van der Waals surface area contributed by atoms with Crippen LogP contribution in [0.2, 0.25) is 0 Å². The predicted octanol–water partition coefficient (Wildman–Crippen LogP) is 1.12. The van der Waals surface area contributed by atoms with Crippen LogP contribution in [-0.2, 0) is 9.53 Å². The van der Waals surface area contributed by atoms with Gasteiger partial charge in [0.1, 0.15) is 0 Å². The maximum absolute atomic E-state index is 10.4. The van der Waals surface area contributed by atoms with Gasteiger partial charge in [0.25, 0.3) is 6.10 Å². The molecule has 1 radical (unpaired) electrons. The SMILES string of the molecule is O=C1O[C]1c1ccccc1. The quantitative estimate of drug-likeness (QED) is 0.537. The molecule has 0 unspecified atom stereocenters. The summed E-state index contributed by atoms with van der Waals surface area (Å²) in [5.41, 5.74) is 0.868. The average molecular weight is 133 g/mol. The largest absolute Gasteiger partial charge is 0.433 e. The Kier molecular flexibility index (Phi) is 1.01. The van der Waals surface area contributed by atoms with Gasteiger partial charge in [-0.25, -0.2) is 4.79 Å². The third-order valence-electron chi connectivity index (χ3n) is 1.37. The zero-order valence-electron chi connectivity index (χ0n) is 5.20. The Morgan fingerprint density at radius 3 is 2.20 bits per heavy atom. The van der Waals surface area contributed by atoms with Crippen molar-refractivity contribution in [2.75, 3.05) is 0 Å². The summed E-state index contributed by atoms with van der Waals surface area (Å²) >= 11 is 0. The molecule has 1 fully saturated rings. The monoisotopic (exact) mass is 133 g/mol. The third kappa shape index (κ3) is 0.778. The van der Waals surface area contributed by atoms with Gasteiger partial charge < -0.3 is 4.74 Å². The van der Waals surface area contributed by atoms with Crippen molar-refractivity contribution >= 4 is 5.97 Å². The topological polar surface area (TPSA) is 29.6 Å². The fourth-order valence-corrected chi connectivity index (χ4v) is 0.833. The van der Waals surface area contributed by atoms with E-state index in [1.54, 1.807) is 0 Å². The molecule has 0 amide bonds. The Balaban J connectivity index is 2.28. The molecule has 10 heavy (non-hydrogen) atoms. The average Bonchev–Trinajstić information content (AvgIpc) is 2.69. The second-order valence-electron chi connectivity index (χ2n) is 2.08. The molecule has 2 nitrogen and oxygen atoms in total. The van der Waals surface area contributed by atoms with Crippen molar-refractivity contribution in [1.29, 1.82) is 0 Å². The van der Waals surface area contributed by atoms with Gasteiger partial charge >= 0.3 is 5.97 Å². The zero-order chi connectivity index (χ0) is 6.97. The molecule has 0 aliphatic carbocycles. The van der Waals surface area contributed by atoms with Crippen LogP contribution >= 0.6 is 0 Å². The number of ether oxygens (including phenoxy) is 1. The molecule has 0 saturated carbocycles. The molecule has 1 aliphatic heterocycles. The minimum Gasteiger partial charge on any atom is -0.433 e. The highest BCUT2D eigenvalue weighted by molar-refractivity contribution is 6.01. The van der Waals surface area contributed by atoms with Crippen LogP contribution in [0, 0.1) is 6.10 Å². The Morgan fingerprint density at radius 1 is 1.10 bits per heavy atom. The minimum absolute atomic E-state index is 0.203. The number of benzene rings is 1. The molecule has 2 heteroatoms. The molecular formula is C8H5O2. The molecule has 2 rings (SSSR count). The Hall–Kier alpha value is -1.31. The van der Waals surface area contributed by atoms with E-state index < -0.39 is 0 Å². The first-order valence-electron chi connectivity index (χ1n) is 3.02. The Bertz CT molecular complexity index is 253. The molecule has 49 valence electrons. The van der Waals surface area contributed by atoms with Crippen molar-refractivity contribution in [3.63, 3.8) is 0 Å². The van der Waals surface area contributed by atoms with Gasteiger partial charge in [0.15, 0.2) is 0 Å². The van der Waals surface area contributed by atoms with Crippen molar-refractivity contribution < 1.29 is 9.53 Å². The van der Waals surface area contributed by atoms with Gasteiger partial charge in [0, 0.05) is 5.56 Å². The molecule has 1 heterocycles. The van der Waals surface area contributed by atoms with Crippen LogP contribution in [0.25, 0.3) is 0 Å². The highest BCUT2D eigenvalue weighted by Crippen LogP contribution is 2.29. The molecular weight excluding hydrogens is 128 g/mol. The van der Waals surface area contributed by atoms with Crippen LogP contribution < -0.4 is 0 Å². The summed E-state index contributed by atoms with van der Waals surface area (Å²) in [7, 11) is 0. The Morgan fingerprint density at radius 2 is 1.70 bits per heavy atom. The lowest BCUT2D eigenvalue weighted by molar-refractivity contribution is -0.117. The van der Waals surface area contributed by atoms with E-state index in [0.29, 0.717) is 6.10 Å². The van der Waals surface area contributed by atoms with Crippen molar-refractivity contribution in [3.05, 3.63) is 42.0 Å². The minimum atomic E-state index is -0.203. The van der Waals surface area contributed by atoms with Crippen molar-refractivity contribution in [2.45, 2.75) is 0 Å². The summed E-state index contributed by atoms with van der Waals surface area (Å²) < 4.78 is 4.58. The summed E-state index contributed by atoms with van der Waals surface area (Å²) in [5, 5.41) is 0. The number of epoxide rings is 1. The molecule has 1 aliphatic rings. The van der Waals surface area contributed by atoms with Crippen LogP contribution in [0.3, 0.4) is 0 Å². The normalized spacial score (nSPS) is 16.6. The van der Waals surface area contributed by atoms with Crippen LogP contribution in [0.5, 0.6) is 0 Å². The van der Waals surface area contributed by atoms with Crippen molar-refractivity contribution in [2.24, 2.45) is 0 Å². The highest BCUT2D eigenvalue weighted by atomic mass is 16.6. The van der Waals surface area contributed by atoms with Crippen molar-refractivity contribution in [1.82, 2.24) is 0 Å². The van der Waals surface area contributed by atoms with E-state index in [4.69, 9.17) is 0 Å². The van der Waals surface area contributed by atoms with E-state index >= 15 is 0 Å². The molecule has 1 aromatic carbocycles. The zero-order valence-corrected chi connectivity index (χ0v) is 5.20. The van der Waals surface area contributed by atoms with Crippen molar-refractivity contribution in [3.8, 4) is 0 Å². The highest BCUT2D eigenvalue weighted by Gasteiger charge is 2.41. The van der Waals surface area contributed by atoms with E-state index in [2.05, 4.69) is 4.74 Å². The maximum Gasteiger partial charge on any atom is 0.362 e. The van der Waals surface area contributed by atoms with Gasteiger partial charge in [0.05, 0.1) is 0 Å². The first-order chi connectivity index (χ1) is 4.88. The second kappa shape index (κ2) is 1.84. The Labute approximate surface area is 58.4 Å². The summed E-state index contributed by atoms with van der Waals surface area (Å²) in [6, 6.07) is 9.34. The molecule has 0 atom stereocenters. The number of cyclic esters (lactones) is 1. The molecule has 0 N–H and O–H groups in total. The standard InChI is InChI=1S/C8H5O2/c9-8-7(10-8)6-4-2-1-3-5-6/h1-5H. The van der Waals surface area contributed by atoms with Gasteiger partial charge in [-0.3, -0.25) is 0 Å². The van der Waals surface area contributed by atoms with Crippen LogP contribution in [-0.4, -0.2) is 5.97 Å². The van der Waals surface area contributed by atoms with E-state index in [1.807, 2.05) is 30.3 Å². The second-order valence-corrected chi connectivity index (χ2v) is 2.08. The third-order valence-corrected chi connectivity index (χ3v) is 1.37. The smallest absolute Gasteiger partial charge is 0.362 e. The molecule has 0 bridgehead atoms. The lowest BCUT2D eigenvalue weighted by atomic mass is 10.2. The predicted molar refractivity (Wildman–Crippen MR) is 34.9 cm³/mol. The van der Waals surface area contributed by atoms with Gasteiger partial charge in [-0.1, -0.05) is 30.3 Å². The van der Waals surface area contributed by atoms with E-state index in [0.717, 1.165) is 5.56 Å². The molecule has 1 aromatic rings. The molecule has 0 aromatic heterocycles. The van der Waals surface area contributed by atoms with Gasteiger partial charge in [-0.15, -0.1) is 0 Å². The first-order valence-corrected chi connectivity index (χ1v) is 3.02. The lowest BCUT2D eigenvalue weighted by Crippen LogP contribution is -1.79. The summed E-state index contributed by atoms with van der Waals surface area (Å²) in [6.07, 6.45) is 0.487. The fourth-order valence-electron chi connectivity index (χ4n) is 0.833. The number of hydrogen-bond donors (Lipinski definition) is 0. The maximum atomic E-state index is 10.4. The number of rotatable bonds is 1. The lowest BCUT2D eigenvalue weighted by Gasteiger charge is -1.86. The van der Waals surface area contributed by atoms with Crippen LogP contribution in [0.4, 0.5) is 0 Å². The van der Waals surface area contributed by atoms with E-state index in [-0.39, 0.29) is 5.97 Å². The van der Waals surface area contributed by atoms with Gasteiger partial charge in [-0.2, -0.15) is 0 Å². The fraction of sp³-hybridized carbons (Fsp3) is 0. The number of carbonyl (C=O) groups excluding carboxylic acids is 1. The van der Waals surface area contributed by atoms with Gasteiger partial charge in [0.2, 0.25) is 0 Å². The summed E-state index contributed by atoms with van der Waals surface area (Å²) in [5.74, 6) is -0.203. The molecule has 0 spiro atoms. The van der Waals surface area contributed by atoms with Crippen LogP contribution in [0.1, 0.15) is 5.56 Å². The number of carbonyl (C=O) groups is 1. The van der Waals surface area contributed by atoms with Gasteiger partial charge in [-0.05, 0) is 0 Å². The summed E-state index contributed by atoms with van der Waals surface area (Å²) in [4.78, 5) is 10.4. The number of hydrogen-bond acceptors (Lipinski definition) is 2. The molecule has 1 saturated heterocycles. The summed E-state index contributed by atoms with van der Waals surface area (Å²) in [6.45, 7) is 0. The first kappa shape index (κ1) is 5.47. The van der Waals surface area contributed by atoms with E-state index in [1.165, 1.54) is 0 Å². The van der Waals surface area contributed by atoms with Crippen LogP contribution in [0.15, 0.2) is 30.3 Å².